The van der Waals surface area contributed by atoms with Crippen LogP contribution in [0.2, 0.25) is 0 Å². The molecule has 0 bridgehead atoms. The van der Waals surface area contributed by atoms with Gasteiger partial charge in [0.25, 0.3) is 0 Å². The Bertz CT molecular complexity index is 260. The first-order valence-electron chi connectivity index (χ1n) is 4.79. The molecule has 0 saturated carbocycles. The van der Waals surface area contributed by atoms with Crippen molar-refractivity contribution >= 4 is 0 Å². The maximum atomic E-state index is 8.77. The molecule has 1 rings (SSSR count). The molecule has 0 spiro atoms. The molecule has 0 radical (unpaired) electrons. The number of aliphatic hydroxyl groups is 2. The van der Waals surface area contributed by atoms with Crippen LogP contribution in [0.3, 0.4) is 0 Å². The lowest BCUT2D eigenvalue weighted by Crippen LogP contribution is -2.26. The van der Waals surface area contributed by atoms with Gasteiger partial charge in [0.2, 0.25) is 0 Å². The normalized spacial score (nSPS) is 13.1. The Morgan fingerprint density at radius 1 is 1.36 bits per heavy atom. The second-order valence-corrected chi connectivity index (χ2v) is 3.32. The van der Waals surface area contributed by atoms with Crippen LogP contribution in [-0.2, 0) is 13.2 Å². The maximum Gasteiger partial charge on any atom is 0.129 e. The summed E-state index contributed by atoms with van der Waals surface area (Å²) in [6.07, 6.45) is 0.730. The number of hydrogen-bond acceptors (Lipinski definition) is 4. The number of furan rings is 1. The van der Waals surface area contributed by atoms with Crippen LogP contribution in [0.1, 0.15) is 24.9 Å². The first kappa shape index (κ1) is 11.2. The van der Waals surface area contributed by atoms with E-state index in [-0.39, 0.29) is 19.3 Å². The highest BCUT2D eigenvalue weighted by molar-refractivity contribution is 5.06. The third kappa shape index (κ3) is 3.49. The van der Waals surface area contributed by atoms with Crippen molar-refractivity contribution in [3.8, 4) is 0 Å². The fourth-order valence-electron chi connectivity index (χ4n) is 1.17. The van der Waals surface area contributed by atoms with E-state index in [9.17, 15) is 0 Å². The van der Waals surface area contributed by atoms with Gasteiger partial charge in [-0.25, -0.2) is 0 Å². The zero-order chi connectivity index (χ0) is 10.4. The molecule has 0 aliphatic heterocycles. The minimum atomic E-state index is -0.0633. The predicted octanol–water partition coefficient (Wildman–Crippen LogP) is 0.632. The summed E-state index contributed by atoms with van der Waals surface area (Å²) in [5, 5.41) is 20.6. The fourth-order valence-corrected chi connectivity index (χ4v) is 1.17. The number of rotatable bonds is 6. The Morgan fingerprint density at radius 3 is 2.64 bits per heavy atom. The van der Waals surface area contributed by atoms with Crippen LogP contribution in [0.5, 0.6) is 0 Å². The predicted molar refractivity (Wildman–Crippen MR) is 52.6 cm³/mol. The Kier molecular flexibility index (Phi) is 4.65. The second-order valence-electron chi connectivity index (χ2n) is 3.32. The molecule has 0 amide bonds. The third-order valence-corrected chi connectivity index (χ3v) is 2.06. The van der Waals surface area contributed by atoms with E-state index in [1.807, 2.05) is 13.0 Å². The molecule has 0 saturated heterocycles. The van der Waals surface area contributed by atoms with Gasteiger partial charge >= 0.3 is 0 Å². The molecule has 1 heterocycles. The van der Waals surface area contributed by atoms with Crippen molar-refractivity contribution in [2.24, 2.45) is 0 Å². The first-order valence-corrected chi connectivity index (χ1v) is 4.79. The monoisotopic (exact) mass is 199 g/mol. The van der Waals surface area contributed by atoms with Gasteiger partial charge in [-0.3, -0.25) is 0 Å². The van der Waals surface area contributed by atoms with E-state index in [4.69, 9.17) is 14.6 Å². The van der Waals surface area contributed by atoms with Gasteiger partial charge in [-0.2, -0.15) is 0 Å². The van der Waals surface area contributed by atoms with Gasteiger partial charge in [0, 0.05) is 12.6 Å². The molecule has 0 aliphatic rings. The topological polar surface area (TPSA) is 65.6 Å². The quantitative estimate of drug-likeness (QED) is 0.628. The summed E-state index contributed by atoms with van der Waals surface area (Å²) in [7, 11) is 0. The Balaban J connectivity index is 2.30. The average Bonchev–Trinajstić information content (AvgIpc) is 2.63. The van der Waals surface area contributed by atoms with Crippen LogP contribution in [-0.4, -0.2) is 22.9 Å². The third-order valence-electron chi connectivity index (χ3n) is 2.06. The molecule has 80 valence electrons. The molecule has 0 aliphatic carbocycles. The lowest BCUT2D eigenvalue weighted by atomic mass is 10.2. The van der Waals surface area contributed by atoms with Gasteiger partial charge in [0.1, 0.15) is 18.1 Å². The van der Waals surface area contributed by atoms with Gasteiger partial charge in [-0.15, -0.1) is 0 Å². The van der Waals surface area contributed by atoms with Gasteiger partial charge in [-0.05, 0) is 25.5 Å². The summed E-state index contributed by atoms with van der Waals surface area (Å²) >= 11 is 0. The lowest BCUT2D eigenvalue weighted by Gasteiger charge is -2.10. The SMILES string of the molecule is C[C@H](CCO)NCc1ccc(CO)o1. The Hall–Kier alpha value is -0.840. The molecule has 1 aromatic rings. The molecule has 4 nitrogen and oxygen atoms in total. The van der Waals surface area contributed by atoms with E-state index in [1.165, 1.54) is 0 Å². The molecule has 14 heavy (non-hydrogen) atoms. The van der Waals surface area contributed by atoms with E-state index in [2.05, 4.69) is 5.32 Å². The Morgan fingerprint density at radius 2 is 2.07 bits per heavy atom. The molecule has 0 unspecified atom stereocenters. The van der Waals surface area contributed by atoms with Gasteiger partial charge in [0.15, 0.2) is 0 Å². The van der Waals surface area contributed by atoms with Crippen LogP contribution < -0.4 is 5.32 Å². The van der Waals surface area contributed by atoms with Gasteiger partial charge in [0.05, 0.1) is 6.54 Å². The molecule has 4 heteroatoms. The standard InChI is InChI=1S/C10H17NO3/c1-8(4-5-12)11-6-9-2-3-10(7-13)14-9/h2-3,8,11-13H,4-7H2,1H3/t8-/m1/s1. The summed E-state index contributed by atoms with van der Waals surface area (Å²) in [6, 6.07) is 3.86. The summed E-state index contributed by atoms with van der Waals surface area (Å²) < 4.78 is 5.29. The van der Waals surface area contributed by atoms with Crippen LogP contribution in [0.15, 0.2) is 16.5 Å². The van der Waals surface area contributed by atoms with E-state index in [0.717, 1.165) is 12.2 Å². The molecular weight excluding hydrogens is 182 g/mol. The van der Waals surface area contributed by atoms with Gasteiger partial charge < -0.3 is 19.9 Å². The maximum absolute atomic E-state index is 8.77. The number of nitrogens with one attached hydrogen (secondary N) is 1. The fraction of sp³-hybridized carbons (Fsp3) is 0.600. The van der Waals surface area contributed by atoms with Crippen LogP contribution in [0, 0.1) is 0 Å². The Labute approximate surface area is 83.6 Å². The van der Waals surface area contributed by atoms with Crippen molar-refractivity contribution in [3.05, 3.63) is 23.7 Å². The molecular formula is C10H17NO3. The van der Waals surface area contributed by atoms with E-state index in [1.54, 1.807) is 6.07 Å². The highest BCUT2D eigenvalue weighted by atomic mass is 16.4. The minimum absolute atomic E-state index is 0.0633. The van der Waals surface area contributed by atoms with Crippen LogP contribution in [0.4, 0.5) is 0 Å². The highest BCUT2D eigenvalue weighted by Gasteiger charge is 2.03. The smallest absolute Gasteiger partial charge is 0.129 e. The molecule has 1 atom stereocenters. The van der Waals surface area contributed by atoms with Crippen molar-refractivity contribution in [3.63, 3.8) is 0 Å². The van der Waals surface area contributed by atoms with Crippen molar-refractivity contribution in [1.82, 2.24) is 5.32 Å². The summed E-state index contributed by atoms with van der Waals surface area (Å²) in [5.74, 6) is 1.38. The van der Waals surface area contributed by atoms with Crippen LogP contribution >= 0.6 is 0 Å². The van der Waals surface area contributed by atoms with Gasteiger partial charge in [-0.1, -0.05) is 0 Å². The number of aliphatic hydroxyl groups excluding tert-OH is 2. The van der Waals surface area contributed by atoms with E-state index < -0.39 is 0 Å². The summed E-state index contributed by atoms with van der Waals surface area (Å²) in [5.41, 5.74) is 0. The highest BCUT2D eigenvalue weighted by Crippen LogP contribution is 2.07. The lowest BCUT2D eigenvalue weighted by molar-refractivity contribution is 0.241. The van der Waals surface area contributed by atoms with Crippen molar-refractivity contribution in [1.29, 1.82) is 0 Å². The molecule has 0 fully saturated rings. The summed E-state index contributed by atoms with van der Waals surface area (Å²) in [6.45, 7) is 2.76. The van der Waals surface area contributed by atoms with E-state index in [0.29, 0.717) is 12.3 Å². The van der Waals surface area contributed by atoms with Crippen molar-refractivity contribution in [2.45, 2.75) is 32.5 Å². The molecule has 1 aromatic heterocycles. The second kappa shape index (κ2) is 5.80. The minimum Gasteiger partial charge on any atom is -0.462 e. The zero-order valence-electron chi connectivity index (χ0n) is 8.36. The molecule has 0 aromatic carbocycles. The first-order chi connectivity index (χ1) is 6.76. The number of hydrogen-bond donors (Lipinski definition) is 3. The van der Waals surface area contributed by atoms with Crippen molar-refractivity contribution in [2.75, 3.05) is 6.61 Å². The largest absolute Gasteiger partial charge is 0.462 e. The zero-order valence-corrected chi connectivity index (χ0v) is 8.36. The van der Waals surface area contributed by atoms with E-state index >= 15 is 0 Å². The summed E-state index contributed by atoms with van der Waals surface area (Å²) in [4.78, 5) is 0. The average molecular weight is 199 g/mol. The molecule has 3 N–H and O–H groups in total. The van der Waals surface area contributed by atoms with Crippen molar-refractivity contribution < 1.29 is 14.6 Å². The van der Waals surface area contributed by atoms with Crippen LogP contribution in [0.25, 0.3) is 0 Å².